The first-order chi connectivity index (χ1) is 11.7. The van der Waals surface area contributed by atoms with Gasteiger partial charge in [0.05, 0.1) is 11.2 Å². The van der Waals surface area contributed by atoms with Crippen LogP contribution in [0.15, 0.2) is 54.9 Å². The van der Waals surface area contributed by atoms with Crippen LogP contribution in [0.4, 0.5) is 11.4 Å². The number of fused-ring (bicyclic) bond motifs is 1. The third-order valence-electron chi connectivity index (χ3n) is 3.90. The van der Waals surface area contributed by atoms with E-state index in [9.17, 15) is 4.79 Å². The van der Waals surface area contributed by atoms with Crippen LogP contribution in [0.1, 0.15) is 30.8 Å². The highest BCUT2D eigenvalue weighted by Crippen LogP contribution is 2.21. The van der Waals surface area contributed by atoms with Gasteiger partial charge in [-0.2, -0.15) is 0 Å². The van der Waals surface area contributed by atoms with E-state index in [1.807, 2.05) is 36.4 Å². The Morgan fingerprint density at radius 2 is 1.96 bits per heavy atom. The van der Waals surface area contributed by atoms with Gasteiger partial charge in [0, 0.05) is 29.5 Å². The molecule has 0 aliphatic rings. The van der Waals surface area contributed by atoms with Gasteiger partial charge in [-0.15, -0.1) is 0 Å². The smallest absolute Gasteiger partial charge is 0.274 e. The Balaban J connectivity index is 1.83. The molecule has 5 nitrogen and oxygen atoms in total. The molecule has 5 heteroatoms. The number of nitrogens with one attached hydrogen (secondary N) is 2. The minimum absolute atomic E-state index is 0.249. The fourth-order valence-corrected chi connectivity index (χ4v) is 2.42. The Bertz CT molecular complexity index is 857. The summed E-state index contributed by atoms with van der Waals surface area (Å²) in [6, 6.07) is 13.5. The van der Waals surface area contributed by atoms with E-state index in [0.717, 1.165) is 23.0 Å². The van der Waals surface area contributed by atoms with Crippen LogP contribution in [-0.4, -0.2) is 21.9 Å². The first kappa shape index (κ1) is 15.9. The Kier molecular flexibility index (Phi) is 4.70. The molecule has 0 fully saturated rings. The van der Waals surface area contributed by atoms with Crippen LogP contribution < -0.4 is 10.6 Å². The number of hydrogen-bond acceptors (Lipinski definition) is 4. The van der Waals surface area contributed by atoms with E-state index in [-0.39, 0.29) is 5.91 Å². The van der Waals surface area contributed by atoms with Crippen molar-refractivity contribution >= 4 is 28.2 Å². The molecular formula is C19H20N4O. The fourth-order valence-electron chi connectivity index (χ4n) is 2.42. The van der Waals surface area contributed by atoms with Crippen LogP contribution in [0.3, 0.4) is 0 Å². The van der Waals surface area contributed by atoms with E-state index in [0.29, 0.717) is 17.4 Å². The van der Waals surface area contributed by atoms with Crippen molar-refractivity contribution in [1.82, 2.24) is 9.97 Å². The molecule has 2 N–H and O–H groups in total. The van der Waals surface area contributed by atoms with E-state index in [1.54, 1.807) is 18.5 Å². The highest BCUT2D eigenvalue weighted by atomic mass is 16.1. The second-order valence-electron chi connectivity index (χ2n) is 5.72. The van der Waals surface area contributed by atoms with Crippen LogP contribution in [0.5, 0.6) is 0 Å². The molecule has 0 aliphatic heterocycles. The van der Waals surface area contributed by atoms with Crippen LogP contribution in [0.25, 0.3) is 10.9 Å². The first-order valence-corrected chi connectivity index (χ1v) is 8.05. The lowest BCUT2D eigenvalue weighted by atomic mass is 10.2. The van der Waals surface area contributed by atoms with Gasteiger partial charge in [-0.25, -0.2) is 0 Å². The van der Waals surface area contributed by atoms with Crippen molar-refractivity contribution in [3.05, 3.63) is 60.6 Å². The van der Waals surface area contributed by atoms with Gasteiger partial charge in [0.2, 0.25) is 0 Å². The highest BCUT2D eigenvalue weighted by molar-refractivity contribution is 6.07. The molecule has 1 amide bonds. The molecule has 0 saturated heterocycles. The van der Waals surface area contributed by atoms with E-state index in [1.165, 1.54) is 0 Å². The maximum absolute atomic E-state index is 12.5. The molecule has 24 heavy (non-hydrogen) atoms. The van der Waals surface area contributed by atoms with Gasteiger partial charge in [0.25, 0.3) is 5.91 Å². The summed E-state index contributed by atoms with van der Waals surface area (Å²) in [6.07, 6.45) is 4.36. The number of rotatable bonds is 5. The minimum Gasteiger partial charge on any atom is -0.382 e. The van der Waals surface area contributed by atoms with Crippen LogP contribution in [-0.2, 0) is 0 Å². The zero-order valence-electron chi connectivity index (χ0n) is 13.8. The second-order valence-corrected chi connectivity index (χ2v) is 5.72. The van der Waals surface area contributed by atoms with Gasteiger partial charge in [-0.3, -0.25) is 14.8 Å². The topological polar surface area (TPSA) is 66.9 Å². The summed E-state index contributed by atoms with van der Waals surface area (Å²) in [7, 11) is 0. The number of aromatic nitrogens is 2. The predicted octanol–water partition coefficient (Wildman–Crippen LogP) is 4.09. The van der Waals surface area contributed by atoms with Gasteiger partial charge in [-0.1, -0.05) is 25.1 Å². The number of para-hydroxylation sites is 1. The number of hydrogen-bond donors (Lipinski definition) is 2. The predicted molar refractivity (Wildman–Crippen MR) is 97.3 cm³/mol. The quantitative estimate of drug-likeness (QED) is 0.743. The molecule has 1 aromatic carbocycles. The number of anilines is 2. The Labute approximate surface area is 141 Å². The zero-order chi connectivity index (χ0) is 16.9. The average Bonchev–Trinajstić information content (AvgIpc) is 2.62. The molecule has 3 rings (SSSR count). The number of pyridine rings is 2. The number of nitrogens with zero attached hydrogens (tertiary/aromatic N) is 2. The summed E-state index contributed by atoms with van der Waals surface area (Å²) >= 11 is 0. The number of amides is 1. The molecule has 1 unspecified atom stereocenters. The summed E-state index contributed by atoms with van der Waals surface area (Å²) < 4.78 is 0. The third-order valence-corrected chi connectivity index (χ3v) is 3.90. The maximum atomic E-state index is 12.5. The van der Waals surface area contributed by atoms with Crippen LogP contribution >= 0.6 is 0 Å². The third kappa shape index (κ3) is 3.51. The molecule has 0 radical (unpaired) electrons. The van der Waals surface area contributed by atoms with Crippen molar-refractivity contribution in [2.75, 3.05) is 10.6 Å². The number of carbonyl (C=O) groups is 1. The Hall–Kier alpha value is -2.95. The molecule has 122 valence electrons. The molecule has 0 spiro atoms. The van der Waals surface area contributed by atoms with E-state index in [2.05, 4.69) is 34.4 Å². The number of benzene rings is 1. The largest absolute Gasteiger partial charge is 0.382 e. The SMILES string of the molecule is CCC(C)Nc1ccnc(C(=O)Nc2cccc3cccnc23)c1. The van der Waals surface area contributed by atoms with Crippen molar-refractivity contribution in [2.24, 2.45) is 0 Å². The molecule has 1 atom stereocenters. The van der Waals surface area contributed by atoms with Crippen molar-refractivity contribution < 1.29 is 4.79 Å². The van der Waals surface area contributed by atoms with Crippen LogP contribution in [0.2, 0.25) is 0 Å². The lowest BCUT2D eigenvalue weighted by Crippen LogP contribution is -2.16. The van der Waals surface area contributed by atoms with E-state index in [4.69, 9.17) is 0 Å². The van der Waals surface area contributed by atoms with E-state index >= 15 is 0 Å². The maximum Gasteiger partial charge on any atom is 0.274 e. The monoisotopic (exact) mass is 320 g/mol. The van der Waals surface area contributed by atoms with Gasteiger partial charge in [-0.05, 0) is 37.6 Å². The van der Waals surface area contributed by atoms with E-state index < -0.39 is 0 Å². The van der Waals surface area contributed by atoms with Gasteiger partial charge in [0.15, 0.2) is 0 Å². The Morgan fingerprint density at radius 1 is 1.12 bits per heavy atom. The van der Waals surface area contributed by atoms with Crippen molar-refractivity contribution in [3.63, 3.8) is 0 Å². The minimum atomic E-state index is -0.249. The first-order valence-electron chi connectivity index (χ1n) is 8.05. The van der Waals surface area contributed by atoms with Crippen LogP contribution in [0, 0.1) is 0 Å². The standard InChI is InChI=1S/C19H20N4O/c1-3-13(2)22-15-9-11-20-17(12-15)19(24)23-16-8-4-6-14-7-5-10-21-18(14)16/h4-13H,3H2,1-2H3,(H,20,22)(H,23,24). The summed E-state index contributed by atoms with van der Waals surface area (Å²) in [4.78, 5) is 21.1. The van der Waals surface area contributed by atoms with Crippen molar-refractivity contribution in [2.45, 2.75) is 26.3 Å². The summed E-state index contributed by atoms with van der Waals surface area (Å²) in [5.41, 5.74) is 2.71. The number of carbonyl (C=O) groups excluding carboxylic acids is 1. The van der Waals surface area contributed by atoms with Crippen molar-refractivity contribution in [3.8, 4) is 0 Å². The molecule has 0 bridgehead atoms. The molecule has 2 heterocycles. The molecule has 0 aliphatic carbocycles. The van der Waals surface area contributed by atoms with Crippen molar-refractivity contribution in [1.29, 1.82) is 0 Å². The molecular weight excluding hydrogens is 300 g/mol. The Morgan fingerprint density at radius 3 is 2.79 bits per heavy atom. The summed E-state index contributed by atoms with van der Waals surface area (Å²) in [5.74, 6) is -0.249. The van der Waals surface area contributed by atoms with Gasteiger partial charge in [0.1, 0.15) is 5.69 Å². The zero-order valence-corrected chi connectivity index (χ0v) is 13.8. The normalized spacial score (nSPS) is 11.9. The highest BCUT2D eigenvalue weighted by Gasteiger charge is 2.11. The fraction of sp³-hybridized carbons (Fsp3) is 0.211. The average molecular weight is 320 g/mol. The molecule has 3 aromatic rings. The van der Waals surface area contributed by atoms with Gasteiger partial charge < -0.3 is 10.6 Å². The van der Waals surface area contributed by atoms with Gasteiger partial charge >= 0.3 is 0 Å². The lowest BCUT2D eigenvalue weighted by molar-refractivity contribution is 0.102. The summed E-state index contributed by atoms with van der Waals surface area (Å²) in [5, 5.41) is 7.23. The summed E-state index contributed by atoms with van der Waals surface area (Å²) in [6.45, 7) is 4.21. The second kappa shape index (κ2) is 7.08. The molecule has 0 saturated carbocycles. The molecule has 2 aromatic heterocycles. The lowest BCUT2D eigenvalue weighted by Gasteiger charge is -2.13.